The van der Waals surface area contributed by atoms with Gasteiger partial charge < -0.3 is 5.73 Å². The van der Waals surface area contributed by atoms with Crippen molar-refractivity contribution in [3.63, 3.8) is 0 Å². The van der Waals surface area contributed by atoms with Crippen LogP contribution in [0.4, 0.5) is 5.69 Å². The zero-order chi connectivity index (χ0) is 16.0. The maximum Gasteiger partial charge on any atom is 0.296 e. The van der Waals surface area contributed by atoms with Crippen LogP contribution in [0, 0.1) is 0 Å². The van der Waals surface area contributed by atoms with E-state index < -0.39 is 41.3 Å². The zero-order valence-corrected chi connectivity index (χ0v) is 11.7. The molecule has 1 heterocycles. The van der Waals surface area contributed by atoms with Crippen LogP contribution in [-0.2, 0) is 20.2 Å². The van der Waals surface area contributed by atoms with Crippen molar-refractivity contribution >= 4 is 25.9 Å². The van der Waals surface area contributed by atoms with E-state index in [1.54, 1.807) is 0 Å². The van der Waals surface area contributed by atoms with Crippen molar-refractivity contribution in [3.05, 3.63) is 34.7 Å². The highest BCUT2D eigenvalue weighted by Gasteiger charge is 2.27. The summed E-state index contributed by atoms with van der Waals surface area (Å²) in [6.07, 6.45) is 1.03. The molecule has 10 nitrogen and oxygen atoms in total. The van der Waals surface area contributed by atoms with Gasteiger partial charge in [-0.25, -0.2) is 0 Å². The van der Waals surface area contributed by atoms with Crippen LogP contribution >= 0.6 is 0 Å². The molecule has 0 bridgehead atoms. The molecule has 0 aliphatic carbocycles. The highest BCUT2D eigenvalue weighted by atomic mass is 32.2. The first-order chi connectivity index (χ1) is 9.50. The number of benzene rings is 1. The van der Waals surface area contributed by atoms with Crippen LogP contribution in [0.15, 0.2) is 39.0 Å². The first kappa shape index (κ1) is 15.2. The van der Waals surface area contributed by atoms with Gasteiger partial charge in [-0.1, -0.05) is 0 Å². The molecule has 0 fully saturated rings. The average Bonchev–Trinajstić information content (AvgIpc) is 2.72. The lowest BCUT2D eigenvalue weighted by Gasteiger charge is -2.13. The van der Waals surface area contributed by atoms with E-state index >= 15 is 0 Å². The highest BCUT2D eigenvalue weighted by Crippen LogP contribution is 2.29. The number of aromatic nitrogens is 2. The Morgan fingerprint density at radius 2 is 1.52 bits per heavy atom. The summed E-state index contributed by atoms with van der Waals surface area (Å²) in [6, 6.07) is 2.56. The van der Waals surface area contributed by atoms with Crippen molar-refractivity contribution in [3.8, 4) is 5.69 Å². The summed E-state index contributed by atoms with van der Waals surface area (Å²) in [6.45, 7) is 0. The minimum absolute atomic E-state index is 0.325. The molecule has 0 saturated carbocycles. The molecule has 0 spiro atoms. The highest BCUT2D eigenvalue weighted by molar-refractivity contribution is 7.87. The largest absolute Gasteiger partial charge is 0.399 e. The maximum atomic E-state index is 11.4. The van der Waals surface area contributed by atoms with Crippen LogP contribution in [0.25, 0.3) is 5.69 Å². The van der Waals surface area contributed by atoms with Gasteiger partial charge in [0.15, 0.2) is 0 Å². The summed E-state index contributed by atoms with van der Waals surface area (Å²) in [4.78, 5) is 9.35. The van der Waals surface area contributed by atoms with E-state index in [-0.39, 0.29) is 5.69 Å². The molecule has 0 saturated heterocycles. The normalized spacial score (nSPS) is 12.5. The molecule has 1 aromatic carbocycles. The Hall–Kier alpha value is -2.15. The second-order valence-corrected chi connectivity index (χ2v) is 6.76. The number of H-pyrrole nitrogens is 1. The van der Waals surface area contributed by atoms with E-state index in [2.05, 4.69) is 5.10 Å². The summed E-state index contributed by atoms with van der Waals surface area (Å²) >= 11 is 0. The van der Waals surface area contributed by atoms with E-state index in [4.69, 9.17) is 5.73 Å². The number of nitrogens with zero attached hydrogens (tertiary/aromatic N) is 1. The second-order valence-electron chi connectivity index (χ2n) is 3.98. The number of aromatic amines is 1. The number of nitrogen functional groups attached to an aromatic ring is 1. The van der Waals surface area contributed by atoms with E-state index in [9.17, 15) is 30.7 Å². The van der Waals surface area contributed by atoms with Crippen molar-refractivity contribution < 1.29 is 25.9 Å². The van der Waals surface area contributed by atoms with E-state index in [1.165, 1.54) is 0 Å². The Labute approximate surface area is 118 Å². The van der Waals surface area contributed by atoms with Crippen molar-refractivity contribution in [2.45, 2.75) is 9.79 Å². The molecule has 2 aromatic rings. The predicted octanol–water partition coefficient (Wildman–Crippen LogP) is -0.759. The van der Waals surface area contributed by atoms with E-state index in [1.807, 2.05) is 0 Å². The van der Waals surface area contributed by atoms with Gasteiger partial charge in [0.05, 0.1) is 0 Å². The molecule has 0 atom stereocenters. The topological polar surface area (TPSA) is 173 Å². The first-order valence-electron chi connectivity index (χ1n) is 5.16. The maximum absolute atomic E-state index is 11.4. The molecule has 0 aliphatic rings. The molecule has 0 unspecified atom stereocenters. The molecule has 0 amide bonds. The Morgan fingerprint density at radius 1 is 1.05 bits per heavy atom. The number of hydrogen-bond donors (Lipinski definition) is 4. The molecule has 2 rings (SSSR count). The molecule has 0 radical (unpaired) electrons. The summed E-state index contributed by atoms with van der Waals surface area (Å²) in [5.41, 5.74) is 3.73. The van der Waals surface area contributed by atoms with Gasteiger partial charge in [0, 0.05) is 18.0 Å². The third-order valence-corrected chi connectivity index (χ3v) is 4.20. The van der Waals surface area contributed by atoms with Crippen LogP contribution in [0.2, 0.25) is 0 Å². The standard InChI is InChI=1S/C9H9N3O7S2/c10-5-3-6(20(14,15)16)9(7(4-5)21(17,18)19)12-2-1-8(13)11-12/h1-4H,10H2,(H,11,13)(H,14,15,16)(H,17,18,19). The minimum Gasteiger partial charge on any atom is -0.399 e. The van der Waals surface area contributed by atoms with E-state index in [0.717, 1.165) is 29.1 Å². The monoisotopic (exact) mass is 335 g/mol. The van der Waals surface area contributed by atoms with Gasteiger partial charge in [-0.3, -0.25) is 23.7 Å². The second kappa shape index (κ2) is 4.70. The fraction of sp³-hybridized carbons (Fsp3) is 0. The van der Waals surface area contributed by atoms with Crippen LogP contribution in [0.3, 0.4) is 0 Å². The lowest BCUT2D eigenvalue weighted by Crippen LogP contribution is -2.15. The lowest BCUT2D eigenvalue weighted by molar-refractivity contribution is 0.479. The number of rotatable bonds is 3. The van der Waals surface area contributed by atoms with Crippen LogP contribution in [0.1, 0.15) is 0 Å². The molecule has 12 heteroatoms. The van der Waals surface area contributed by atoms with Crippen molar-refractivity contribution in [1.29, 1.82) is 0 Å². The molecular weight excluding hydrogens is 326 g/mol. The third-order valence-electron chi connectivity index (χ3n) is 2.46. The Kier molecular flexibility index (Phi) is 3.41. The summed E-state index contributed by atoms with van der Waals surface area (Å²) < 4.78 is 64.6. The van der Waals surface area contributed by atoms with Gasteiger partial charge in [0.1, 0.15) is 15.5 Å². The third kappa shape index (κ3) is 2.97. The van der Waals surface area contributed by atoms with Gasteiger partial charge in [-0.15, -0.1) is 0 Å². The first-order valence-corrected chi connectivity index (χ1v) is 8.05. The Balaban J connectivity index is 3.04. The van der Waals surface area contributed by atoms with Gasteiger partial charge >= 0.3 is 0 Å². The quantitative estimate of drug-likeness (QED) is 0.418. The molecule has 114 valence electrons. The fourth-order valence-electron chi connectivity index (χ4n) is 1.70. The van der Waals surface area contributed by atoms with Crippen molar-refractivity contribution in [2.24, 2.45) is 0 Å². The van der Waals surface area contributed by atoms with Gasteiger partial charge in [0.2, 0.25) is 0 Å². The molecule has 0 aliphatic heterocycles. The average molecular weight is 335 g/mol. The molecule has 5 N–H and O–H groups in total. The molecule has 21 heavy (non-hydrogen) atoms. The number of nitrogens with two attached hydrogens (primary N) is 1. The SMILES string of the molecule is Nc1cc(S(=O)(=O)O)c(-n2ccc(=O)[nH]2)c(S(=O)(=O)O)c1. The predicted molar refractivity (Wildman–Crippen MR) is 70.4 cm³/mol. The molecular formula is C9H9N3O7S2. The summed E-state index contributed by atoms with van der Waals surface area (Å²) in [5, 5.41) is 2.11. The molecule has 1 aromatic heterocycles. The Morgan fingerprint density at radius 3 is 1.86 bits per heavy atom. The van der Waals surface area contributed by atoms with E-state index in [0.29, 0.717) is 0 Å². The van der Waals surface area contributed by atoms with Gasteiger partial charge in [-0.2, -0.15) is 16.8 Å². The van der Waals surface area contributed by atoms with Gasteiger partial charge in [-0.05, 0) is 12.1 Å². The minimum atomic E-state index is -4.88. The fourth-order valence-corrected chi connectivity index (χ4v) is 3.24. The van der Waals surface area contributed by atoms with Crippen LogP contribution in [0.5, 0.6) is 0 Å². The van der Waals surface area contributed by atoms with Crippen LogP contribution in [-0.4, -0.2) is 35.7 Å². The van der Waals surface area contributed by atoms with Crippen molar-refractivity contribution in [1.82, 2.24) is 9.78 Å². The number of nitrogens with one attached hydrogen (secondary N) is 1. The summed E-state index contributed by atoms with van der Waals surface area (Å²) in [5.74, 6) is 0. The van der Waals surface area contributed by atoms with Crippen molar-refractivity contribution in [2.75, 3.05) is 5.73 Å². The Bertz CT molecular complexity index is 916. The lowest BCUT2D eigenvalue weighted by atomic mass is 10.3. The smallest absolute Gasteiger partial charge is 0.296 e. The number of anilines is 1. The van der Waals surface area contributed by atoms with Gasteiger partial charge in [0.25, 0.3) is 25.8 Å². The number of hydrogen-bond acceptors (Lipinski definition) is 6. The summed E-state index contributed by atoms with van der Waals surface area (Å²) in [7, 11) is -9.75. The zero-order valence-electron chi connectivity index (χ0n) is 10.1. The van der Waals surface area contributed by atoms with Crippen LogP contribution < -0.4 is 11.3 Å².